The molecule has 1 aromatic rings. The molecule has 128 valence electrons. The number of hydrogen-bond acceptors (Lipinski definition) is 3. The fourth-order valence-corrected chi connectivity index (χ4v) is 2.64. The molecule has 2 heterocycles. The van der Waals surface area contributed by atoms with E-state index >= 15 is 0 Å². The summed E-state index contributed by atoms with van der Waals surface area (Å²) in [7, 11) is 0. The molecule has 0 saturated carbocycles. The van der Waals surface area contributed by atoms with E-state index in [9.17, 15) is 22.8 Å². The van der Waals surface area contributed by atoms with Gasteiger partial charge in [-0.25, -0.2) is 0 Å². The van der Waals surface area contributed by atoms with Crippen LogP contribution in [0, 0.1) is 5.92 Å². The molecule has 1 aromatic heterocycles. The molecule has 0 spiro atoms. The van der Waals surface area contributed by atoms with Gasteiger partial charge in [0.25, 0.3) is 11.5 Å². The van der Waals surface area contributed by atoms with Gasteiger partial charge < -0.3 is 14.6 Å². The predicted molar refractivity (Wildman–Crippen MR) is 77.2 cm³/mol. The van der Waals surface area contributed by atoms with Crippen molar-refractivity contribution in [1.29, 1.82) is 0 Å². The smallest absolute Gasteiger partial charge is 0.377 e. The third-order valence-corrected chi connectivity index (χ3v) is 3.68. The minimum atomic E-state index is -4.74. The summed E-state index contributed by atoms with van der Waals surface area (Å²) in [4.78, 5) is 27.7. The number of rotatable bonds is 3. The first-order chi connectivity index (χ1) is 10.7. The van der Waals surface area contributed by atoms with Crippen molar-refractivity contribution in [3.05, 3.63) is 33.7 Å². The summed E-state index contributed by atoms with van der Waals surface area (Å²) < 4.78 is 43.2. The van der Waals surface area contributed by atoms with Gasteiger partial charge in [0.2, 0.25) is 0 Å². The Balaban J connectivity index is 2.25. The highest BCUT2D eigenvalue weighted by Gasteiger charge is 2.35. The Kier molecular flexibility index (Phi) is 5.13. The van der Waals surface area contributed by atoms with Gasteiger partial charge in [0.15, 0.2) is 0 Å². The highest BCUT2D eigenvalue weighted by Crippen LogP contribution is 2.26. The van der Waals surface area contributed by atoms with Gasteiger partial charge in [-0.05, 0) is 24.5 Å². The second-order valence-corrected chi connectivity index (χ2v) is 5.97. The SMILES string of the molecule is CC(C)CC1COCCN1C(=O)c1ccc(C(F)(F)F)c(=O)[nH]1. The molecule has 1 amide bonds. The molecule has 1 aliphatic heterocycles. The van der Waals surface area contributed by atoms with E-state index in [4.69, 9.17) is 4.74 Å². The number of nitrogens with zero attached hydrogens (tertiary/aromatic N) is 1. The van der Waals surface area contributed by atoms with E-state index in [1.54, 1.807) is 4.90 Å². The number of hydrogen-bond donors (Lipinski definition) is 1. The Morgan fingerprint density at radius 2 is 2.13 bits per heavy atom. The number of nitrogens with one attached hydrogen (secondary N) is 1. The van der Waals surface area contributed by atoms with Crippen LogP contribution in [0.5, 0.6) is 0 Å². The normalized spacial score (nSPS) is 19.2. The van der Waals surface area contributed by atoms with E-state index in [0.717, 1.165) is 12.5 Å². The number of ether oxygens (including phenoxy) is 1. The van der Waals surface area contributed by atoms with E-state index in [-0.39, 0.29) is 11.7 Å². The van der Waals surface area contributed by atoms with Gasteiger partial charge in [0.1, 0.15) is 11.3 Å². The van der Waals surface area contributed by atoms with Crippen LogP contribution in [-0.2, 0) is 10.9 Å². The maximum absolute atomic E-state index is 12.6. The summed E-state index contributed by atoms with van der Waals surface area (Å²) in [5.74, 6) is -0.145. The van der Waals surface area contributed by atoms with Gasteiger partial charge in [-0.2, -0.15) is 13.2 Å². The van der Waals surface area contributed by atoms with Crippen molar-refractivity contribution in [2.24, 2.45) is 5.92 Å². The second-order valence-electron chi connectivity index (χ2n) is 5.97. The Hall–Kier alpha value is -1.83. The maximum atomic E-state index is 12.6. The lowest BCUT2D eigenvalue weighted by Gasteiger charge is -2.36. The zero-order valence-corrected chi connectivity index (χ0v) is 12.9. The predicted octanol–water partition coefficient (Wildman–Crippen LogP) is 2.28. The van der Waals surface area contributed by atoms with Crippen LogP contribution in [0.25, 0.3) is 0 Å². The highest BCUT2D eigenvalue weighted by molar-refractivity contribution is 5.92. The molecule has 2 rings (SSSR count). The van der Waals surface area contributed by atoms with Crippen molar-refractivity contribution >= 4 is 5.91 Å². The molecule has 1 unspecified atom stereocenters. The Bertz CT molecular complexity index is 625. The lowest BCUT2D eigenvalue weighted by molar-refractivity contribution is -0.138. The van der Waals surface area contributed by atoms with Crippen LogP contribution in [0.1, 0.15) is 36.3 Å². The summed E-state index contributed by atoms with van der Waals surface area (Å²) in [6, 6.07) is 1.50. The average molecular weight is 332 g/mol. The second kappa shape index (κ2) is 6.74. The first kappa shape index (κ1) is 17.5. The topological polar surface area (TPSA) is 62.4 Å². The minimum Gasteiger partial charge on any atom is -0.377 e. The van der Waals surface area contributed by atoms with Crippen LogP contribution in [-0.4, -0.2) is 41.6 Å². The number of amides is 1. The number of aromatic nitrogens is 1. The van der Waals surface area contributed by atoms with E-state index < -0.39 is 23.2 Å². The van der Waals surface area contributed by atoms with Gasteiger partial charge in [-0.3, -0.25) is 9.59 Å². The molecule has 0 aliphatic carbocycles. The average Bonchev–Trinajstić information content (AvgIpc) is 2.45. The first-order valence-corrected chi connectivity index (χ1v) is 7.39. The number of carbonyl (C=O) groups excluding carboxylic acids is 1. The maximum Gasteiger partial charge on any atom is 0.421 e. The molecule has 1 atom stereocenters. The number of H-pyrrole nitrogens is 1. The van der Waals surface area contributed by atoms with Gasteiger partial charge in [-0.15, -0.1) is 0 Å². The van der Waals surface area contributed by atoms with Crippen molar-refractivity contribution < 1.29 is 22.7 Å². The Morgan fingerprint density at radius 1 is 1.43 bits per heavy atom. The molecular weight excluding hydrogens is 313 g/mol. The number of alkyl halides is 3. The molecule has 0 bridgehead atoms. The summed E-state index contributed by atoms with van der Waals surface area (Å²) in [5.41, 5.74) is -2.76. The summed E-state index contributed by atoms with van der Waals surface area (Å²) >= 11 is 0. The fraction of sp³-hybridized carbons (Fsp3) is 0.600. The van der Waals surface area contributed by atoms with Crippen LogP contribution < -0.4 is 5.56 Å². The van der Waals surface area contributed by atoms with E-state index in [0.29, 0.717) is 31.7 Å². The quantitative estimate of drug-likeness (QED) is 0.924. The van der Waals surface area contributed by atoms with Crippen LogP contribution in [0.2, 0.25) is 0 Å². The van der Waals surface area contributed by atoms with E-state index in [2.05, 4.69) is 0 Å². The van der Waals surface area contributed by atoms with Crippen LogP contribution in [0.15, 0.2) is 16.9 Å². The fourth-order valence-electron chi connectivity index (χ4n) is 2.64. The van der Waals surface area contributed by atoms with Gasteiger partial charge in [0.05, 0.1) is 19.3 Å². The Morgan fingerprint density at radius 3 is 2.70 bits per heavy atom. The van der Waals surface area contributed by atoms with Crippen LogP contribution in [0.3, 0.4) is 0 Å². The zero-order chi connectivity index (χ0) is 17.2. The Labute approximate surface area is 131 Å². The molecule has 8 heteroatoms. The molecule has 1 fully saturated rings. The van der Waals surface area contributed by atoms with Gasteiger partial charge in [0, 0.05) is 6.54 Å². The molecule has 0 aromatic carbocycles. The standard InChI is InChI=1S/C15H19F3N2O3/c1-9(2)7-10-8-23-6-5-20(10)14(22)12-4-3-11(13(21)19-12)15(16,17)18/h3-4,9-10H,5-8H2,1-2H3,(H,19,21). The van der Waals surface area contributed by atoms with Crippen LogP contribution >= 0.6 is 0 Å². The van der Waals surface area contributed by atoms with E-state index in [1.165, 1.54) is 0 Å². The zero-order valence-electron chi connectivity index (χ0n) is 12.9. The summed E-state index contributed by atoms with van der Waals surface area (Å²) in [6.45, 7) is 5.12. The van der Waals surface area contributed by atoms with Crippen molar-refractivity contribution in [1.82, 2.24) is 9.88 Å². The molecule has 0 radical (unpaired) electrons. The molecule has 1 saturated heterocycles. The first-order valence-electron chi connectivity index (χ1n) is 7.39. The number of morpholine rings is 1. The number of pyridine rings is 1. The molecule has 1 aliphatic rings. The van der Waals surface area contributed by atoms with E-state index in [1.807, 2.05) is 18.8 Å². The van der Waals surface area contributed by atoms with Crippen molar-refractivity contribution in [3.8, 4) is 0 Å². The van der Waals surface area contributed by atoms with Gasteiger partial charge >= 0.3 is 6.18 Å². The lowest BCUT2D eigenvalue weighted by atomic mass is 10.0. The lowest BCUT2D eigenvalue weighted by Crippen LogP contribution is -2.49. The molecule has 23 heavy (non-hydrogen) atoms. The minimum absolute atomic E-state index is 0.140. The molecular formula is C15H19F3N2O3. The monoisotopic (exact) mass is 332 g/mol. The molecule has 1 N–H and O–H groups in total. The van der Waals surface area contributed by atoms with Crippen molar-refractivity contribution in [2.45, 2.75) is 32.5 Å². The van der Waals surface area contributed by atoms with Crippen molar-refractivity contribution in [3.63, 3.8) is 0 Å². The molecule has 5 nitrogen and oxygen atoms in total. The summed E-state index contributed by atoms with van der Waals surface area (Å²) in [5, 5.41) is 0. The highest BCUT2D eigenvalue weighted by atomic mass is 19.4. The number of carbonyl (C=O) groups is 1. The number of halogens is 3. The third-order valence-electron chi connectivity index (χ3n) is 3.68. The van der Waals surface area contributed by atoms with Gasteiger partial charge in [-0.1, -0.05) is 13.8 Å². The van der Waals surface area contributed by atoms with Crippen LogP contribution in [0.4, 0.5) is 13.2 Å². The third kappa shape index (κ3) is 4.13. The largest absolute Gasteiger partial charge is 0.421 e. The number of aromatic amines is 1. The van der Waals surface area contributed by atoms with Crippen molar-refractivity contribution in [2.75, 3.05) is 19.8 Å². The summed E-state index contributed by atoms with van der Waals surface area (Å²) in [6.07, 6.45) is -4.02.